The van der Waals surface area contributed by atoms with Crippen LogP contribution < -0.4 is 4.72 Å². The molecule has 0 aromatic carbocycles. The van der Waals surface area contributed by atoms with Crippen molar-refractivity contribution in [2.75, 3.05) is 12.4 Å². The minimum absolute atomic E-state index is 0.0504. The summed E-state index contributed by atoms with van der Waals surface area (Å²) in [5.74, 6) is -1.72. The van der Waals surface area contributed by atoms with E-state index in [0.717, 1.165) is 0 Å². The average Bonchev–Trinajstić information content (AvgIpc) is 2.12. The molecular weight excluding hydrogens is 246 g/mol. The van der Waals surface area contributed by atoms with E-state index in [1.54, 1.807) is 27.7 Å². The Hall–Kier alpha value is -0.660. The van der Waals surface area contributed by atoms with Gasteiger partial charge in [0.05, 0.1) is 18.5 Å². The van der Waals surface area contributed by atoms with E-state index in [2.05, 4.69) is 4.72 Å². The fourth-order valence-corrected chi connectivity index (χ4v) is 2.31. The highest BCUT2D eigenvalue weighted by molar-refractivity contribution is 7.89. The first-order valence-electron chi connectivity index (χ1n) is 5.50. The lowest BCUT2D eigenvalue weighted by Gasteiger charge is -2.18. The second-order valence-corrected chi connectivity index (χ2v) is 6.29. The molecule has 102 valence electrons. The second-order valence-electron chi connectivity index (χ2n) is 4.42. The summed E-state index contributed by atoms with van der Waals surface area (Å²) in [6, 6.07) is -1.10. The number of hydrogen-bond acceptors (Lipinski definition) is 4. The van der Waals surface area contributed by atoms with Gasteiger partial charge in [0, 0.05) is 0 Å². The van der Waals surface area contributed by atoms with Gasteiger partial charge in [0.1, 0.15) is 6.04 Å². The molecule has 0 aromatic rings. The quantitative estimate of drug-likeness (QED) is 0.665. The molecule has 0 heterocycles. The van der Waals surface area contributed by atoms with Crippen LogP contribution in [0.15, 0.2) is 0 Å². The molecule has 0 bridgehead atoms. The SMILES string of the molecule is CC(C)OCCS(=O)(=O)NC(C(=O)O)C(C)C. The Morgan fingerprint density at radius 1 is 1.29 bits per heavy atom. The molecule has 0 radical (unpaired) electrons. The summed E-state index contributed by atoms with van der Waals surface area (Å²) in [4.78, 5) is 10.8. The van der Waals surface area contributed by atoms with Gasteiger partial charge in [-0.15, -0.1) is 0 Å². The fraction of sp³-hybridized carbons (Fsp3) is 0.900. The van der Waals surface area contributed by atoms with Crippen LogP contribution in [0.2, 0.25) is 0 Å². The number of nitrogens with one attached hydrogen (secondary N) is 1. The van der Waals surface area contributed by atoms with E-state index in [1.165, 1.54) is 0 Å². The molecule has 6 nitrogen and oxygen atoms in total. The summed E-state index contributed by atoms with van der Waals surface area (Å²) >= 11 is 0. The van der Waals surface area contributed by atoms with Gasteiger partial charge in [-0.25, -0.2) is 13.1 Å². The summed E-state index contributed by atoms with van der Waals surface area (Å²) in [5, 5.41) is 8.86. The Labute approximate surface area is 102 Å². The number of hydrogen-bond donors (Lipinski definition) is 2. The maximum absolute atomic E-state index is 11.6. The van der Waals surface area contributed by atoms with E-state index in [-0.39, 0.29) is 24.4 Å². The molecule has 0 rings (SSSR count). The molecule has 0 amide bonds. The Morgan fingerprint density at radius 3 is 2.18 bits per heavy atom. The van der Waals surface area contributed by atoms with Crippen LogP contribution in [0.5, 0.6) is 0 Å². The zero-order chi connectivity index (χ0) is 13.6. The monoisotopic (exact) mass is 267 g/mol. The predicted octanol–water partition coefficient (Wildman–Crippen LogP) is 0.440. The van der Waals surface area contributed by atoms with Gasteiger partial charge in [-0.2, -0.15) is 0 Å². The van der Waals surface area contributed by atoms with Gasteiger partial charge >= 0.3 is 5.97 Å². The third kappa shape index (κ3) is 7.30. The number of carbonyl (C=O) groups is 1. The molecule has 0 spiro atoms. The number of carboxylic acid groups (broad SMARTS) is 1. The van der Waals surface area contributed by atoms with Crippen molar-refractivity contribution in [2.24, 2.45) is 5.92 Å². The molecule has 0 aromatic heterocycles. The van der Waals surface area contributed by atoms with Crippen LogP contribution in [0.3, 0.4) is 0 Å². The Balaban J connectivity index is 4.37. The van der Waals surface area contributed by atoms with Crippen LogP contribution in [0.1, 0.15) is 27.7 Å². The average molecular weight is 267 g/mol. The lowest BCUT2D eigenvalue weighted by molar-refractivity contribution is -0.140. The molecule has 17 heavy (non-hydrogen) atoms. The van der Waals surface area contributed by atoms with Gasteiger partial charge < -0.3 is 9.84 Å². The smallest absolute Gasteiger partial charge is 0.321 e. The summed E-state index contributed by atoms with van der Waals surface area (Å²) < 4.78 is 30.4. The van der Waals surface area contributed by atoms with E-state index in [0.29, 0.717) is 0 Å². The van der Waals surface area contributed by atoms with Crippen LogP contribution in [0.25, 0.3) is 0 Å². The van der Waals surface area contributed by atoms with Crippen molar-refractivity contribution in [3.05, 3.63) is 0 Å². The highest BCUT2D eigenvalue weighted by Gasteiger charge is 2.26. The van der Waals surface area contributed by atoms with Crippen molar-refractivity contribution in [2.45, 2.75) is 39.8 Å². The molecule has 2 N–H and O–H groups in total. The molecule has 0 saturated carbocycles. The van der Waals surface area contributed by atoms with Gasteiger partial charge in [-0.1, -0.05) is 13.8 Å². The molecule has 0 aliphatic rings. The van der Waals surface area contributed by atoms with E-state index in [9.17, 15) is 13.2 Å². The molecule has 0 aliphatic heterocycles. The van der Waals surface area contributed by atoms with Crippen LogP contribution in [-0.4, -0.2) is 44.0 Å². The third-order valence-electron chi connectivity index (χ3n) is 2.04. The number of carboxylic acids is 1. The first kappa shape index (κ1) is 16.3. The van der Waals surface area contributed by atoms with Crippen molar-refractivity contribution in [1.82, 2.24) is 4.72 Å². The van der Waals surface area contributed by atoms with Crippen LogP contribution in [-0.2, 0) is 19.6 Å². The van der Waals surface area contributed by atoms with Gasteiger partial charge in [-0.05, 0) is 19.8 Å². The summed E-state index contributed by atoms with van der Waals surface area (Å²) in [6.45, 7) is 6.94. The molecular formula is C10H21NO5S. The Morgan fingerprint density at radius 2 is 1.82 bits per heavy atom. The van der Waals surface area contributed by atoms with Gasteiger partial charge in [0.15, 0.2) is 0 Å². The maximum Gasteiger partial charge on any atom is 0.321 e. The molecule has 1 atom stereocenters. The molecule has 7 heteroatoms. The van der Waals surface area contributed by atoms with Crippen LogP contribution in [0.4, 0.5) is 0 Å². The Kier molecular flexibility index (Phi) is 6.66. The van der Waals surface area contributed by atoms with Gasteiger partial charge in [0.25, 0.3) is 0 Å². The van der Waals surface area contributed by atoms with Crippen molar-refractivity contribution in [1.29, 1.82) is 0 Å². The number of rotatable bonds is 8. The predicted molar refractivity (Wildman–Crippen MR) is 64.3 cm³/mol. The topological polar surface area (TPSA) is 92.7 Å². The largest absolute Gasteiger partial charge is 0.480 e. The summed E-state index contributed by atoms with van der Waals surface area (Å²) in [5.41, 5.74) is 0. The maximum atomic E-state index is 11.6. The van der Waals surface area contributed by atoms with E-state index in [4.69, 9.17) is 9.84 Å². The van der Waals surface area contributed by atoms with E-state index in [1.807, 2.05) is 0 Å². The van der Waals surface area contributed by atoms with Gasteiger partial charge in [0.2, 0.25) is 10.0 Å². The summed E-state index contributed by atoms with van der Waals surface area (Å²) in [7, 11) is -3.62. The first-order chi connectivity index (χ1) is 7.65. The highest BCUT2D eigenvalue weighted by Crippen LogP contribution is 2.04. The fourth-order valence-electron chi connectivity index (χ4n) is 1.12. The van der Waals surface area contributed by atoms with E-state index >= 15 is 0 Å². The molecule has 1 unspecified atom stereocenters. The highest BCUT2D eigenvalue weighted by atomic mass is 32.2. The van der Waals surface area contributed by atoms with Crippen molar-refractivity contribution >= 4 is 16.0 Å². The minimum Gasteiger partial charge on any atom is -0.480 e. The molecule has 0 aliphatic carbocycles. The van der Waals surface area contributed by atoms with Crippen LogP contribution >= 0.6 is 0 Å². The second kappa shape index (κ2) is 6.93. The zero-order valence-electron chi connectivity index (χ0n) is 10.6. The Bertz CT molecular complexity index is 337. The molecule has 0 fully saturated rings. The molecule has 0 saturated heterocycles. The van der Waals surface area contributed by atoms with Gasteiger partial charge in [-0.3, -0.25) is 4.79 Å². The number of sulfonamides is 1. The van der Waals surface area contributed by atoms with Crippen LogP contribution in [0, 0.1) is 5.92 Å². The van der Waals surface area contributed by atoms with Crippen molar-refractivity contribution in [3.63, 3.8) is 0 Å². The van der Waals surface area contributed by atoms with E-state index < -0.39 is 22.0 Å². The third-order valence-corrected chi connectivity index (χ3v) is 3.36. The lowest BCUT2D eigenvalue weighted by Crippen LogP contribution is -2.45. The lowest BCUT2D eigenvalue weighted by atomic mass is 10.1. The standard InChI is InChI=1S/C10H21NO5S/c1-7(2)9(10(12)13)11-17(14,15)6-5-16-8(3)4/h7-9,11H,5-6H2,1-4H3,(H,12,13). The minimum atomic E-state index is -3.62. The normalized spacial score (nSPS) is 14.2. The van der Waals surface area contributed by atoms with Crippen molar-refractivity contribution < 1.29 is 23.1 Å². The zero-order valence-corrected chi connectivity index (χ0v) is 11.5. The van der Waals surface area contributed by atoms with Crippen molar-refractivity contribution in [3.8, 4) is 0 Å². The summed E-state index contributed by atoms with van der Waals surface area (Å²) in [6.07, 6.45) is -0.0504. The number of aliphatic carboxylic acids is 1. The number of ether oxygens (including phenoxy) is 1. The first-order valence-corrected chi connectivity index (χ1v) is 7.15.